The molecule has 2 unspecified atom stereocenters. The Kier molecular flexibility index (Phi) is 9.60. The summed E-state index contributed by atoms with van der Waals surface area (Å²) in [4.78, 5) is 26.0. The van der Waals surface area contributed by atoms with Crippen molar-refractivity contribution < 1.29 is 19.0 Å². The van der Waals surface area contributed by atoms with E-state index in [9.17, 15) is 14.3 Å². The van der Waals surface area contributed by atoms with Crippen molar-refractivity contribution in [1.82, 2.24) is 19.8 Å². The summed E-state index contributed by atoms with van der Waals surface area (Å²) in [6, 6.07) is 12.3. The maximum absolute atomic E-state index is 13.1. The van der Waals surface area contributed by atoms with Crippen LogP contribution in [0.25, 0.3) is 11.3 Å². The average molecular weight is 525 g/mol. The van der Waals surface area contributed by atoms with Crippen LogP contribution in [0, 0.1) is 0 Å². The number of rotatable bonds is 7. The number of methoxy groups -OCH3 is 1. The average Bonchev–Trinajstić information content (AvgIpc) is 3.34. The number of phenols is 1. The number of phenolic OH excluding ortho intramolecular Hbond substituents is 1. The molecule has 38 heavy (non-hydrogen) atoms. The first kappa shape index (κ1) is 28.8. The molecule has 3 aromatic rings. The van der Waals surface area contributed by atoms with Gasteiger partial charge >= 0.3 is 0 Å². The van der Waals surface area contributed by atoms with E-state index in [2.05, 4.69) is 27.2 Å². The maximum atomic E-state index is 13.1. The van der Waals surface area contributed by atoms with Crippen molar-refractivity contribution in [3.05, 3.63) is 60.4 Å². The number of likely N-dealkylation sites (tertiary alicyclic amines) is 1. The summed E-state index contributed by atoms with van der Waals surface area (Å²) in [6.07, 6.45) is 4.62. The van der Waals surface area contributed by atoms with Crippen molar-refractivity contribution in [2.75, 3.05) is 39.6 Å². The lowest BCUT2D eigenvalue weighted by molar-refractivity contribution is 0.0737. The molecule has 1 saturated heterocycles. The molecule has 4 N–H and O–H groups in total. The number of hydrogen-bond donors (Lipinski definition) is 3. The number of nitrogens with two attached hydrogens (primary N) is 1. The molecule has 0 aliphatic carbocycles. The summed E-state index contributed by atoms with van der Waals surface area (Å²) >= 11 is 0. The highest BCUT2D eigenvalue weighted by Gasteiger charge is 2.27. The Bertz CT molecular complexity index is 1220. The minimum absolute atomic E-state index is 0.0278. The second-order valence-corrected chi connectivity index (χ2v) is 9.63. The van der Waals surface area contributed by atoms with Crippen LogP contribution < -0.4 is 15.8 Å². The summed E-state index contributed by atoms with van der Waals surface area (Å²) in [6.45, 7) is 4.93. The quantitative estimate of drug-likeness (QED) is 0.389. The van der Waals surface area contributed by atoms with Crippen LogP contribution >= 0.6 is 0 Å². The highest BCUT2D eigenvalue weighted by Crippen LogP contribution is 2.30. The molecule has 9 nitrogen and oxygen atoms in total. The maximum Gasteiger partial charge on any atom is 0.253 e. The zero-order valence-electron chi connectivity index (χ0n) is 22.6. The number of aromatic hydroxyl groups is 1. The van der Waals surface area contributed by atoms with Gasteiger partial charge in [-0.1, -0.05) is 6.92 Å². The van der Waals surface area contributed by atoms with E-state index in [0.717, 1.165) is 25.1 Å². The number of aromatic nitrogens is 2. The molecule has 1 aromatic heterocycles. The first-order valence-electron chi connectivity index (χ1n) is 12.5. The molecule has 0 radical (unpaired) electrons. The number of carbonyl (C=O) groups is 1. The number of nitrogens with one attached hydrogen (secondary N) is 1. The van der Waals surface area contributed by atoms with Crippen molar-refractivity contribution in [2.45, 2.75) is 38.5 Å². The molecule has 204 valence electrons. The van der Waals surface area contributed by atoms with Gasteiger partial charge in [0.2, 0.25) is 0 Å². The standard InChI is InChI=1S/C24H27N5O3.C4H10FN/c1-28-11-10-18(15-28)29(2)24(31)17-6-9-22(32-3)20(12-17)26-23-14-25-13-21(27-23)16-4-7-19(30)8-5-16;1-3-4(2,5)6/h4-9,12-14,18,30H,10-11,15H2,1-3H3,(H,26,27);3,6H2,1-2H3. The van der Waals surface area contributed by atoms with E-state index in [4.69, 9.17) is 10.5 Å². The zero-order chi connectivity index (χ0) is 27.9. The monoisotopic (exact) mass is 524 g/mol. The lowest BCUT2D eigenvalue weighted by Crippen LogP contribution is -2.38. The second kappa shape index (κ2) is 12.7. The Morgan fingerprint density at radius 2 is 1.97 bits per heavy atom. The van der Waals surface area contributed by atoms with Crippen molar-refractivity contribution in [1.29, 1.82) is 0 Å². The molecular weight excluding hydrogens is 487 g/mol. The number of carbonyl (C=O) groups excluding carboxylic acids is 1. The van der Waals surface area contributed by atoms with E-state index >= 15 is 0 Å². The van der Waals surface area contributed by atoms with Gasteiger partial charge in [-0.2, -0.15) is 0 Å². The van der Waals surface area contributed by atoms with Gasteiger partial charge in [-0.3, -0.25) is 15.5 Å². The van der Waals surface area contributed by atoms with Crippen molar-refractivity contribution in [3.8, 4) is 22.8 Å². The molecule has 1 fully saturated rings. The van der Waals surface area contributed by atoms with Gasteiger partial charge in [-0.25, -0.2) is 9.37 Å². The molecule has 0 saturated carbocycles. The molecule has 2 heterocycles. The van der Waals surface area contributed by atoms with E-state index in [1.165, 1.54) is 6.92 Å². The Balaban J connectivity index is 0.000000599. The van der Waals surface area contributed by atoms with E-state index in [1.807, 2.05) is 11.9 Å². The second-order valence-electron chi connectivity index (χ2n) is 9.63. The Labute approximate surface area is 223 Å². The van der Waals surface area contributed by atoms with Crippen LogP contribution in [0.2, 0.25) is 0 Å². The molecule has 2 aromatic carbocycles. The molecule has 10 heteroatoms. The smallest absolute Gasteiger partial charge is 0.253 e. The summed E-state index contributed by atoms with van der Waals surface area (Å²) in [5.74, 6) is -0.178. The first-order chi connectivity index (χ1) is 18.0. The first-order valence-corrected chi connectivity index (χ1v) is 12.5. The summed E-state index contributed by atoms with van der Waals surface area (Å²) < 4.78 is 17.4. The summed E-state index contributed by atoms with van der Waals surface area (Å²) in [7, 11) is 5.51. The zero-order valence-corrected chi connectivity index (χ0v) is 22.6. The normalized spacial score (nSPS) is 16.7. The lowest BCUT2D eigenvalue weighted by atomic mass is 10.1. The number of benzene rings is 2. The number of anilines is 2. The van der Waals surface area contributed by atoms with Crippen LogP contribution in [0.1, 0.15) is 37.0 Å². The number of amides is 1. The van der Waals surface area contributed by atoms with Crippen molar-refractivity contribution in [3.63, 3.8) is 0 Å². The number of hydrogen-bond acceptors (Lipinski definition) is 8. The van der Waals surface area contributed by atoms with Gasteiger partial charge in [-0.05, 0) is 75.8 Å². The van der Waals surface area contributed by atoms with E-state index in [0.29, 0.717) is 34.9 Å². The SMILES string of the molecule is CCC(C)(N)F.COc1ccc(C(=O)N(C)C2CCN(C)C2)cc1Nc1cncc(-c2ccc(O)cc2)n1. The van der Waals surface area contributed by atoms with Crippen molar-refractivity contribution >= 4 is 17.4 Å². The molecular formula is C28H37FN6O3. The summed E-state index contributed by atoms with van der Waals surface area (Å²) in [5.41, 5.74) is 7.57. The van der Waals surface area contributed by atoms with Crippen molar-refractivity contribution in [2.24, 2.45) is 5.73 Å². The van der Waals surface area contributed by atoms with E-state index in [1.54, 1.807) is 68.9 Å². The third-order valence-corrected chi connectivity index (χ3v) is 6.43. The number of likely N-dealkylation sites (N-methyl/N-ethyl adjacent to an activating group) is 2. The van der Waals surface area contributed by atoms with Gasteiger partial charge in [-0.15, -0.1) is 0 Å². The lowest BCUT2D eigenvalue weighted by Gasteiger charge is -2.25. The van der Waals surface area contributed by atoms with Gasteiger partial charge in [0.05, 0.1) is 30.9 Å². The van der Waals surface area contributed by atoms with Gasteiger partial charge in [0, 0.05) is 30.8 Å². The van der Waals surface area contributed by atoms with Crippen LogP contribution in [-0.2, 0) is 0 Å². The minimum atomic E-state index is -1.46. The third-order valence-electron chi connectivity index (χ3n) is 6.43. The molecule has 1 aliphatic heterocycles. The van der Waals surface area contributed by atoms with Gasteiger partial charge in [0.15, 0.2) is 5.79 Å². The molecule has 1 aliphatic rings. The van der Waals surface area contributed by atoms with Crippen LogP contribution in [0.15, 0.2) is 54.9 Å². The predicted octanol–water partition coefficient (Wildman–Crippen LogP) is 4.42. The van der Waals surface area contributed by atoms with Crippen LogP contribution in [0.4, 0.5) is 15.9 Å². The Morgan fingerprint density at radius 3 is 2.55 bits per heavy atom. The molecule has 4 rings (SSSR count). The van der Waals surface area contributed by atoms with Crippen LogP contribution in [0.5, 0.6) is 11.5 Å². The predicted molar refractivity (Wildman–Crippen MR) is 147 cm³/mol. The molecule has 1 amide bonds. The number of alkyl halides is 1. The third kappa shape index (κ3) is 7.87. The van der Waals surface area contributed by atoms with E-state index < -0.39 is 5.79 Å². The highest BCUT2D eigenvalue weighted by atomic mass is 19.1. The van der Waals surface area contributed by atoms with Gasteiger partial charge in [0.25, 0.3) is 5.91 Å². The number of halogens is 1. The minimum Gasteiger partial charge on any atom is -0.508 e. The molecule has 0 bridgehead atoms. The fourth-order valence-corrected chi connectivity index (χ4v) is 3.87. The van der Waals surface area contributed by atoms with Gasteiger partial charge in [0.1, 0.15) is 17.3 Å². The topological polar surface area (TPSA) is 117 Å². The van der Waals surface area contributed by atoms with E-state index in [-0.39, 0.29) is 17.7 Å². The molecule has 0 spiro atoms. The van der Waals surface area contributed by atoms with Crippen LogP contribution in [-0.4, -0.2) is 76.9 Å². The Hall–Kier alpha value is -3.76. The highest BCUT2D eigenvalue weighted by molar-refractivity contribution is 5.96. The fourth-order valence-electron chi connectivity index (χ4n) is 3.87. The van der Waals surface area contributed by atoms with Gasteiger partial charge < -0.3 is 25.0 Å². The van der Waals surface area contributed by atoms with Crippen LogP contribution in [0.3, 0.4) is 0 Å². The fraction of sp³-hybridized carbons (Fsp3) is 0.393. The number of nitrogens with zero attached hydrogens (tertiary/aromatic N) is 4. The molecule has 2 atom stereocenters. The Morgan fingerprint density at radius 1 is 1.29 bits per heavy atom. The largest absolute Gasteiger partial charge is 0.508 e. The number of ether oxygens (including phenoxy) is 1. The summed E-state index contributed by atoms with van der Waals surface area (Å²) in [5, 5.41) is 12.7.